The summed E-state index contributed by atoms with van der Waals surface area (Å²) in [6, 6.07) is 0. The summed E-state index contributed by atoms with van der Waals surface area (Å²) >= 11 is 0. The minimum Gasteiger partial charge on any atom is -0.480 e. The zero-order valence-electron chi connectivity index (χ0n) is 16.2. The highest BCUT2D eigenvalue weighted by molar-refractivity contribution is 7.88. The van der Waals surface area contributed by atoms with Gasteiger partial charge < -0.3 is 9.84 Å². The van der Waals surface area contributed by atoms with Crippen LogP contribution in [-0.4, -0.2) is 71.8 Å². The molecule has 0 aromatic carbocycles. The number of sulfonamides is 1. The highest BCUT2D eigenvalue weighted by Crippen LogP contribution is 2.41. The lowest BCUT2D eigenvalue weighted by Crippen LogP contribution is -2.52. The molecular weight excluding hydrogens is 360 g/mol. The van der Waals surface area contributed by atoms with E-state index in [9.17, 15) is 23.1 Å². The molecule has 0 aromatic heterocycles. The molecule has 1 amide bonds. The van der Waals surface area contributed by atoms with Crippen molar-refractivity contribution in [3.05, 3.63) is 0 Å². The van der Waals surface area contributed by atoms with Crippen LogP contribution >= 0.6 is 0 Å². The SMILES string of the molecule is CC(C)(C)OC(=O)N1C[C@@H](C2CCN(S(C)(=O)=O)CC2)C[C@@]1(C)C(=O)O. The molecule has 2 atom stereocenters. The molecule has 2 saturated heterocycles. The first-order valence-electron chi connectivity index (χ1n) is 8.93. The maximum atomic E-state index is 12.5. The quantitative estimate of drug-likeness (QED) is 0.787. The summed E-state index contributed by atoms with van der Waals surface area (Å²) in [5.41, 5.74) is -2.00. The minimum absolute atomic E-state index is 0.0188. The summed E-state index contributed by atoms with van der Waals surface area (Å²) in [6.45, 7) is 8.00. The lowest BCUT2D eigenvalue weighted by atomic mass is 9.81. The molecule has 2 aliphatic heterocycles. The third-order valence-electron chi connectivity index (χ3n) is 5.38. The monoisotopic (exact) mass is 390 g/mol. The van der Waals surface area contributed by atoms with Crippen molar-refractivity contribution < 1.29 is 27.9 Å². The number of carbonyl (C=O) groups excluding carboxylic acids is 1. The van der Waals surface area contributed by atoms with Crippen LogP contribution in [0.25, 0.3) is 0 Å². The van der Waals surface area contributed by atoms with Crippen molar-refractivity contribution in [2.24, 2.45) is 11.8 Å². The Morgan fingerprint density at radius 1 is 1.15 bits per heavy atom. The van der Waals surface area contributed by atoms with Gasteiger partial charge in [-0.25, -0.2) is 22.3 Å². The van der Waals surface area contributed by atoms with Gasteiger partial charge in [0.15, 0.2) is 0 Å². The molecule has 0 spiro atoms. The number of likely N-dealkylation sites (tertiary alicyclic amines) is 1. The van der Waals surface area contributed by atoms with Crippen molar-refractivity contribution in [2.75, 3.05) is 25.9 Å². The summed E-state index contributed by atoms with van der Waals surface area (Å²) in [7, 11) is -3.20. The van der Waals surface area contributed by atoms with Gasteiger partial charge in [0.05, 0.1) is 6.26 Å². The number of nitrogens with zero attached hydrogens (tertiary/aromatic N) is 2. The summed E-state index contributed by atoms with van der Waals surface area (Å²) in [4.78, 5) is 25.8. The van der Waals surface area contributed by atoms with Crippen molar-refractivity contribution in [2.45, 2.75) is 58.1 Å². The fraction of sp³-hybridized carbons (Fsp3) is 0.882. The Bertz CT molecular complexity index is 663. The van der Waals surface area contributed by atoms with Crippen LogP contribution in [0, 0.1) is 11.8 Å². The number of piperidine rings is 1. The molecule has 9 heteroatoms. The van der Waals surface area contributed by atoms with Gasteiger partial charge in [0.25, 0.3) is 0 Å². The topological polar surface area (TPSA) is 104 Å². The third-order valence-corrected chi connectivity index (χ3v) is 6.68. The average molecular weight is 391 g/mol. The third kappa shape index (κ3) is 4.49. The molecule has 150 valence electrons. The highest BCUT2D eigenvalue weighted by Gasteiger charge is 2.53. The number of carboxylic acid groups (broad SMARTS) is 1. The molecule has 2 fully saturated rings. The van der Waals surface area contributed by atoms with Gasteiger partial charge in [-0.15, -0.1) is 0 Å². The average Bonchev–Trinajstić information content (AvgIpc) is 2.84. The molecular formula is C17H30N2O6S. The second kappa shape index (κ2) is 6.99. The van der Waals surface area contributed by atoms with Crippen LogP contribution in [0.1, 0.15) is 47.0 Å². The lowest BCUT2D eigenvalue weighted by Gasteiger charge is -2.33. The van der Waals surface area contributed by atoms with Crippen LogP contribution in [0.15, 0.2) is 0 Å². The Labute approximate surface area is 155 Å². The first-order chi connectivity index (χ1) is 11.7. The molecule has 2 heterocycles. The summed E-state index contributed by atoms with van der Waals surface area (Å²) in [5, 5.41) is 9.72. The maximum absolute atomic E-state index is 12.5. The predicted octanol–water partition coefficient (Wildman–Crippen LogP) is 1.76. The Balaban J connectivity index is 2.11. The fourth-order valence-corrected chi connectivity index (χ4v) is 4.79. The largest absolute Gasteiger partial charge is 0.480 e. The van der Waals surface area contributed by atoms with Crippen molar-refractivity contribution in [3.8, 4) is 0 Å². The van der Waals surface area contributed by atoms with Gasteiger partial charge in [-0.3, -0.25) is 4.90 Å². The number of rotatable bonds is 3. The Kier molecular flexibility index (Phi) is 5.64. The van der Waals surface area contributed by atoms with Gasteiger partial charge in [0.2, 0.25) is 10.0 Å². The zero-order chi connectivity index (χ0) is 19.9. The van der Waals surface area contributed by atoms with Crippen LogP contribution in [-0.2, 0) is 19.6 Å². The normalized spacial score (nSPS) is 29.0. The summed E-state index contributed by atoms with van der Waals surface area (Å²) in [5.74, 6) is -0.830. The van der Waals surface area contributed by atoms with E-state index in [0.717, 1.165) is 0 Å². The number of carboxylic acids is 1. The van der Waals surface area contributed by atoms with Gasteiger partial charge in [0, 0.05) is 19.6 Å². The van der Waals surface area contributed by atoms with Gasteiger partial charge in [-0.05, 0) is 58.8 Å². The van der Waals surface area contributed by atoms with E-state index in [1.807, 2.05) is 0 Å². The van der Waals surface area contributed by atoms with Gasteiger partial charge >= 0.3 is 12.1 Å². The van der Waals surface area contributed by atoms with Crippen LogP contribution < -0.4 is 0 Å². The van der Waals surface area contributed by atoms with E-state index in [2.05, 4.69) is 0 Å². The van der Waals surface area contributed by atoms with Gasteiger partial charge in [-0.1, -0.05) is 0 Å². The van der Waals surface area contributed by atoms with E-state index in [4.69, 9.17) is 4.74 Å². The van der Waals surface area contributed by atoms with Crippen molar-refractivity contribution >= 4 is 22.1 Å². The second-order valence-corrected chi connectivity index (χ2v) is 10.6. The van der Waals surface area contributed by atoms with E-state index >= 15 is 0 Å². The predicted molar refractivity (Wildman–Crippen MR) is 96.2 cm³/mol. The summed E-state index contributed by atoms with van der Waals surface area (Å²) < 4.78 is 30.2. The van der Waals surface area contributed by atoms with Crippen LogP contribution in [0.2, 0.25) is 0 Å². The molecule has 26 heavy (non-hydrogen) atoms. The Morgan fingerprint density at radius 2 is 1.69 bits per heavy atom. The first kappa shape index (κ1) is 21.0. The minimum atomic E-state index is -3.20. The molecule has 0 unspecified atom stereocenters. The molecule has 0 saturated carbocycles. The lowest BCUT2D eigenvalue weighted by molar-refractivity contribution is -0.148. The van der Waals surface area contributed by atoms with Gasteiger partial charge in [0.1, 0.15) is 11.1 Å². The highest BCUT2D eigenvalue weighted by atomic mass is 32.2. The van der Waals surface area contributed by atoms with Crippen LogP contribution in [0.3, 0.4) is 0 Å². The van der Waals surface area contributed by atoms with E-state index in [1.165, 1.54) is 15.5 Å². The molecule has 0 aliphatic carbocycles. The number of aliphatic carboxylic acids is 1. The number of hydrogen-bond acceptors (Lipinski definition) is 5. The second-order valence-electron chi connectivity index (χ2n) is 8.63. The van der Waals surface area contributed by atoms with Crippen molar-refractivity contribution in [1.82, 2.24) is 9.21 Å². The zero-order valence-corrected chi connectivity index (χ0v) is 17.0. The maximum Gasteiger partial charge on any atom is 0.411 e. The number of amides is 1. The number of ether oxygens (including phenoxy) is 1. The molecule has 2 rings (SSSR count). The van der Waals surface area contributed by atoms with Crippen LogP contribution in [0.5, 0.6) is 0 Å². The standard InChI is InChI=1S/C17H30N2O6S/c1-16(2,3)25-15(22)19-11-13(10-17(19,4)14(20)21)12-6-8-18(9-7-12)26(5,23)24/h12-13H,6-11H2,1-5H3,(H,20,21)/t13-,17-/m0/s1. The molecule has 0 bridgehead atoms. The van der Waals surface area contributed by atoms with E-state index in [1.54, 1.807) is 27.7 Å². The van der Waals surface area contributed by atoms with E-state index < -0.39 is 33.2 Å². The van der Waals surface area contributed by atoms with E-state index in [-0.39, 0.29) is 11.8 Å². The molecule has 0 radical (unpaired) electrons. The number of hydrogen-bond donors (Lipinski definition) is 1. The van der Waals surface area contributed by atoms with Gasteiger partial charge in [-0.2, -0.15) is 0 Å². The molecule has 2 aliphatic rings. The molecule has 1 N–H and O–H groups in total. The molecule has 8 nitrogen and oxygen atoms in total. The van der Waals surface area contributed by atoms with E-state index in [0.29, 0.717) is 38.9 Å². The van der Waals surface area contributed by atoms with Crippen molar-refractivity contribution in [1.29, 1.82) is 0 Å². The van der Waals surface area contributed by atoms with Crippen molar-refractivity contribution in [3.63, 3.8) is 0 Å². The first-order valence-corrected chi connectivity index (χ1v) is 10.8. The smallest absolute Gasteiger partial charge is 0.411 e. The summed E-state index contributed by atoms with van der Waals surface area (Å²) in [6.07, 6.45) is 2.30. The number of carbonyl (C=O) groups is 2. The Morgan fingerprint density at radius 3 is 2.12 bits per heavy atom. The Hall–Kier alpha value is -1.35. The van der Waals surface area contributed by atoms with Crippen LogP contribution in [0.4, 0.5) is 4.79 Å². The fourth-order valence-electron chi connectivity index (χ4n) is 3.91. The molecule has 0 aromatic rings.